The van der Waals surface area contributed by atoms with Crippen LogP contribution in [0.15, 0.2) is 121 Å². The van der Waals surface area contributed by atoms with Gasteiger partial charge in [-0.15, -0.1) is 0 Å². The third-order valence-electron chi connectivity index (χ3n) is 10.9. The molecular weight excluding hydrogens is 663 g/mol. The number of aromatic nitrogens is 2. The first-order valence-electron chi connectivity index (χ1n) is 17.8. The van der Waals surface area contributed by atoms with E-state index in [1.165, 1.54) is 65.4 Å². The Balaban J connectivity index is 0.000000140. The summed E-state index contributed by atoms with van der Waals surface area (Å²) in [5.41, 5.74) is 7.74. The quantitative estimate of drug-likeness (QED) is 0.0770. The molecule has 6 aromatic carbocycles. The first-order chi connectivity index (χ1) is 25.6. The summed E-state index contributed by atoms with van der Waals surface area (Å²) in [4.78, 5) is 0. The zero-order valence-electron chi connectivity index (χ0n) is 30.3. The summed E-state index contributed by atoms with van der Waals surface area (Å²) in [5.74, 6) is 0.326. The Bertz CT molecular complexity index is 2730. The zero-order chi connectivity index (χ0) is 37.2. The third kappa shape index (κ3) is 5.19. The number of phenols is 1. The number of rotatable bonds is 1. The van der Waals surface area contributed by atoms with Crippen molar-refractivity contribution in [3.8, 4) is 5.75 Å². The fourth-order valence-corrected chi connectivity index (χ4v) is 8.02. The van der Waals surface area contributed by atoms with Gasteiger partial charge in [-0.05, 0) is 76.5 Å². The third-order valence-corrected chi connectivity index (χ3v) is 10.9. The van der Waals surface area contributed by atoms with Crippen molar-refractivity contribution < 1.29 is 30.0 Å². The van der Waals surface area contributed by atoms with Crippen LogP contribution in [0.3, 0.4) is 0 Å². The maximum Gasteiger partial charge on any atom is 0.494 e. The van der Waals surface area contributed by atoms with Crippen molar-refractivity contribution >= 4 is 88.8 Å². The summed E-state index contributed by atoms with van der Waals surface area (Å²) < 4.78 is 17.4. The van der Waals surface area contributed by atoms with Gasteiger partial charge in [0.25, 0.3) is 0 Å². The van der Waals surface area contributed by atoms with Gasteiger partial charge in [0.05, 0.1) is 44.3 Å². The van der Waals surface area contributed by atoms with Gasteiger partial charge in [0.2, 0.25) is 0 Å². The van der Waals surface area contributed by atoms with Gasteiger partial charge in [0, 0.05) is 49.7 Å². The van der Waals surface area contributed by atoms with E-state index < -0.39 is 0 Å². The average molecular weight is 705 g/mol. The van der Waals surface area contributed by atoms with Crippen LogP contribution in [0, 0.1) is 0 Å². The fraction of sp³-hybridized carbons (Fsp3) is 0.182. The molecule has 0 bridgehead atoms. The fourth-order valence-electron chi connectivity index (χ4n) is 8.02. The molecule has 0 atom stereocenters. The van der Waals surface area contributed by atoms with E-state index in [1.54, 1.807) is 6.92 Å². The second kappa shape index (κ2) is 12.9. The van der Waals surface area contributed by atoms with E-state index in [-0.39, 0.29) is 24.9 Å². The predicted molar refractivity (Wildman–Crippen MR) is 218 cm³/mol. The number of aliphatic hydroxyl groups is 1. The van der Waals surface area contributed by atoms with E-state index in [2.05, 4.69) is 134 Å². The van der Waals surface area contributed by atoms with Crippen LogP contribution >= 0.6 is 0 Å². The standard InChI is InChI=1S/C24H22BNO2.C18H11NO.C2H6O.H2O2/c1-23(2)24(3,4)28-25(27-23)15-13-18-16-9-5-7-11-20(16)26-21-12-8-6-10-17(21)19(14-15)22(18)26;20-11-9-14-12-5-1-3-7-16(12)19-17-8-4-2-6-13(17)15(10-11)18(14)19;1-2-3;1-2/h5-14H,1-4H3;1-10,20H;3H,2H2,1H3;1-2H. The van der Waals surface area contributed by atoms with Gasteiger partial charge in [-0.2, -0.15) is 0 Å². The minimum Gasteiger partial charge on any atom is -0.508 e. The summed E-state index contributed by atoms with van der Waals surface area (Å²) >= 11 is 0. The van der Waals surface area contributed by atoms with Crippen molar-refractivity contribution in [2.75, 3.05) is 6.61 Å². The van der Waals surface area contributed by atoms with Crippen LogP contribution in [0.5, 0.6) is 5.75 Å². The van der Waals surface area contributed by atoms with Crippen molar-refractivity contribution in [3.05, 3.63) is 121 Å². The number of aromatic hydroxyl groups is 1. The van der Waals surface area contributed by atoms with Gasteiger partial charge in [0.1, 0.15) is 5.75 Å². The number of nitrogens with zero attached hydrogens (tertiary/aromatic N) is 2. The van der Waals surface area contributed by atoms with E-state index in [4.69, 9.17) is 24.9 Å². The first-order valence-corrected chi connectivity index (χ1v) is 17.8. The lowest BCUT2D eigenvalue weighted by Crippen LogP contribution is -2.41. The van der Waals surface area contributed by atoms with Crippen molar-refractivity contribution in [2.24, 2.45) is 0 Å². The Morgan fingerprint density at radius 3 is 1.11 bits per heavy atom. The Labute approximate surface area is 306 Å². The zero-order valence-corrected chi connectivity index (χ0v) is 30.3. The number of para-hydroxylation sites is 4. The largest absolute Gasteiger partial charge is 0.508 e. The summed E-state index contributed by atoms with van der Waals surface area (Å²) in [6, 6.07) is 42.2. The maximum absolute atomic E-state index is 10.1. The van der Waals surface area contributed by atoms with Crippen LogP contribution in [0.25, 0.3) is 76.2 Å². The molecule has 4 aromatic heterocycles. The molecule has 11 rings (SSSR count). The van der Waals surface area contributed by atoms with E-state index >= 15 is 0 Å². The molecule has 5 heterocycles. The van der Waals surface area contributed by atoms with Crippen LogP contribution in [0.2, 0.25) is 0 Å². The molecule has 266 valence electrons. The molecule has 1 aliphatic rings. The summed E-state index contributed by atoms with van der Waals surface area (Å²) in [7, 11) is -0.361. The van der Waals surface area contributed by atoms with E-state index in [1.807, 2.05) is 24.3 Å². The Hall–Kier alpha value is -5.42. The van der Waals surface area contributed by atoms with E-state index in [0.29, 0.717) is 5.75 Å². The molecule has 0 spiro atoms. The lowest BCUT2D eigenvalue weighted by atomic mass is 9.77. The molecule has 0 aliphatic carbocycles. The number of fused-ring (bicyclic) bond motifs is 12. The number of hydrogen-bond acceptors (Lipinski definition) is 6. The Morgan fingerprint density at radius 2 is 0.792 bits per heavy atom. The number of benzene rings is 6. The molecular formula is C44H41BN2O6. The van der Waals surface area contributed by atoms with Gasteiger partial charge >= 0.3 is 7.12 Å². The Morgan fingerprint density at radius 1 is 0.509 bits per heavy atom. The number of phenolic OH excluding ortho intramolecular Hbond substituents is 1. The lowest BCUT2D eigenvalue weighted by Gasteiger charge is -2.32. The molecule has 0 unspecified atom stereocenters. The van der Waals surface area contributed by atoms with Crippen LogP contribution in [0.1, 0.15) is 34.6 Å². The smallest absolute Gasteiger partial charge is 0.494 e. The highest BCUT2D eigenvalue weighted by atomic mass is 17.0. The SMILES string of the molecule is CC1(C)OB(c2cc3c4ccccc4n4c5ccccc5c(c2)c34)OC1(C)C.CCO.OO.Oc1cc2c3ccccc3n3c4ccccc4c(c1)c23. The molecule has 0 saturated carbocycles. The molecule has 1 fully saturated rings. The van der Waals surface area contributed by atoms with Gasteiger partial charge in [-0.3, -0.25) is 10.5 Å². The highest BCUT2D eigenvalue weighted by Gasteiger charge is 2.51. The molecule has 4 N–H and O–H groups in total. The average Bonchev–Trinajstić information content (AvgIpc) is 3.93. The molecule has 8 nitrogen and oxygen atoms in total. The second-order valence-corrected chi connectivity index (χ2v) is 14.5. The summed E-state index contributed by atoms with van der Waals surface area (Å²) in [5, 5.41) is 39.3. The monoisotopic (exact) mass is 704 g/mol. The lowest BCUT2D eigenvalue weighted by molar-refractivity contribution is -0.176. The highest BCUT2D eigenvalue weighted by Crippen LogP contribution is 2.42. The van der Waals surface area contributed by atoms with Crippen LogP contribution < -0.4 is 5.46 Å². The maximum atomic E-state index is 10.1. The second-order valence-electron chi connectivity index (χ2n) is 14.5. The molecule has 1 aliphatic heterocycles. The van der Waals surface area contributed by atoms with Crippen LogP contribution in [-0.2, 0) is 9.31 Å². The molecule has 9 heteroatoms. The number of aliphatic hydroxyl groups excluding tert-OH is 1. The topological polar surface area (TPSA) is 108 Å². The highest BCUT2D eigenvalue weighted by molar-refractivity contribution is 6.63. The van der Waals surface area contributed by atoms with Crippen LogP contribution in [0.4, 0.5) is 0 Å². The van der Waals surface area contributed by atoms with E-state index in [9.17, 15) is 5.11 Å². The molecule has 1 saturated heterocycles. The van der Waals surface area contributed by atoms with Crippen LogP contribution in [-0.4, -0.2) is 54.5 Å². The first kappa shape index (κ1) is 34.7. The summed E-state index contributed by atoms with van der Waals surface area (Å²) in [6.45, 7) is 10.3. The molecule has 0 amide bonds. The normalized spacial score (nSPS) is 15.1. The van der Waals surface area contributed by atoms with Gasteiger partial charge < -0.3 is 28.3 Å². The minimum atomic E-state index is -0.361. The minimum absolute atomic E-state index is 0.250. The van der Waals surface area contributed by atoms with Gasteiger partial charge in [-0.1, -0.05) is 84.9 Å². The van der Waals surface area contributed by atoms with Crippen molar-refractivity contribution in [1.82, 2.24) is 8.80 Å². The number of hydrogen-bond donors (Lipinski definition) is 4. The molecule has 10 aromatic rings. The van der Waals surface area contributed by atoms with Crippen molar-refractivity contribution in [3.63, 3.8) is 0 Å². The van der Waals surface area contributed by atoms with E-state index in [0.717, 1.165) is 16.2 Å². The van der Waals surface area contributed by atoms with Crippen molar-refractivity contribution in [1.29, 1.82) is 0 Å². The Kier molecular flexibility index (Phi) is 8.44. The predicted octanol–water partition coefficient (Wildman–Crippen LogP) is 9.69. The van der Waals surface area contributed by atoms with Crippen molar-refractivity contribution in [2.45, 2.75) is 45.8 Å². The van der Waals surface area contributed by atoms with Gasteiger partial charge in [-0.25, -0.2) is 0 Å². The molecule has 0 radical (unpaired) electrons. The molecule has 53 heavy (non-hydrogen) atoms. The summed E-state index contributed by atoms with van der Waals surface area (Å²) in [6.07, 6.45) is 0. The van der Waals surface area contributed by atoms with Gasteiger partial charge in [0.15, 0.2) is 0 Å².